The van der Waals surface area contributed by atoms with Crippen LogP contribution in [0.3, 0.4) is 0 Å². The fraction of sp³-hybridized carbons (Fsp3) is 0.250. The first kappa shape index (κ1) is 16.5. The van der Waals surface area contributed by atoms with Crippen molar-refractivity contribution in [1.29, 1.82) is 0 Å². The summed E-state index contributed by atoms with van der Waals surface area (Å²) >= 11 is 7.26. The molecule has 1 heterocycles. The molecule has 1 amide bonds. The molecule has 0 saturated carbocycles. The standard InChI is InChI=1S/C12H13ClN2O3S3/c1-8-11(19-7-17-8)14-18-12(16)15(2)21-20-10-5-3-9(13)4-6-10/h3-6,14H,7H2,1-2H3. The minimum Gasteiger partial charge on any atom is -0.484 e. The van der Waals surface area contributed by atoms with Crippen LogP contribution < -0.4 is 5.48 Å². The third-order valence-electron chi connectivity index (χ3n) is 2.35. The molecule has 0 bridgehead atoms. The molecule has 1 aromatic carbocycles. The number of halogens is 1. The van der Waals surface area contributed by atoms with E-state index in [4.69, 9.17) is 21.2 Å². The predicted molar refractivity (Wildman–Crippen MR) is 88.5 cm³/mol. The second-order valence-electron chi connectivity index (χ2n) is 3.87. The number of amides is 1. The Hall–Kier alpha value is -0.830. The molecule has 1 aliphatic rings. The first-order chi connectivity index (χ1) is 10.1. The number of benzene rings is 1. The monoisotopic (exact) mass is 364 g/mol. The molecule has 0 spiro atoms. The third-order valence-corrected chi connectivity index (χ3v) is 5.88. The van der Waals surface area contributed by atoms with E-state index in [1.165, 1.54) is 37.8 Å². The van der Waals surface area contributed by atoms with E-state index in [-0.39, 0.29) is 0 Å². The molecule has 0 radical (unpaired) electrons. The summed E-state index contributed by atoms with van der Waals surface area (Å²) in [6.07, 6.45) is -0.491. The van der Waals surface area contributed by atoms with Gasteiger partial charge in [0, 0.05) is 27.9 Å². The van der Waals surface area contributed by atoms with Gasteiger partial charge in [0.25, 0.3) is 0 Å². The van der Waals surface area contributed by atoms with Crippen molar-refractivity contribution in [3.05, 3.63) is 40.1 Å². The number of ether oxygens (including phenoxy) is 1. The quantitative estimate of drug-likeness (QED) is 0.469. The minimum absolute atomic E-state index is 0.491. The Balaban J connectivity index is 1.74. The summed E-state index contributed by atoms with van der Waals surface area (Å²) in [6, 6.07) is 7.38. The molecule has 0 unspecified atom stereocenters. The first-order valence-corrected chi connectivity index (χ1v) is 9.30. The highest BCUT2D eigenvalue weighted by Gasteiger charge is 2.17. The predicted octanol–water partition coefficient (Wildman–Crippen LogP) is 4.48. The normalized spacial score (nSPS) is 13.9. The largest absolute Gasteiger partial charge is 0.484 e. The maximum Gasteiger partial charge on any atom is 0.444 e. The number of hydrogen-bond donors (Lipinski definition) is 1. The minimum atomic E-state index is -0.491. The second-order valence-corrected chi connectivity index (χ2v) is 7.52. The number of carbonyl (C=O) groups is 1. The van der Waals surface area contributed by atoms with Gasteiger partial charge in [-0.3, -0.25) is 0 Å². The third kappa shape index (κ3) is 5.14. The highest BCUT2D eigenvalue weighted by molar-refractivity contribution is 8.75. The van der Waals surface area contributed by atoms with Gasteiger partial charge >= 0.3 is 6.09 Å². The lowest BCUT2D eigenvalue weighted by Gasteiger charge is -2.15. The second kappa shape index (κ2) is 7.98. The summed E-state index contributed by atoms with van der Waals surface area (Å²) in [5.74, 6) is 1.25. The summed E-state index contributed by atoms with van der Waals surface area (Å²) in [6.45, 7) is 1.81. The molecule has 0 fully saturated rings. The maximum absolute atomic E-state index is 11.8. The highest BCUT2D eigenvalue weighted by Crippen LogP contribution is 2.34. The van der Waals surface area contributed by atoms with Gasteiger partial charge in [0.2, 0.25) is 0 Å². The van der Waals surface area contributed by atoms with Crippen LogP contribution in [0.5, 0.6) is 0 Å². The van der Waals surface area contributed by atoms with Gasteiger partial charge in [-0.15, -0.1) is 0 Å². The van der Waals surface area contributed by atoms with Gasteiger partial charge in [-0.2, -0.15) is 0 Å². The van der Waals surface area contributed by atoms with Crippen LogP contribution in [0.2, 0.25) is 5.02 Å². The van der Waals surface area contributed by atoms with Gasteiger partial charge < -0.3 is 9.57 Å². The van der Waals surface area contributed by atoms with Crippen molar-refractivity contribution in [3.8, 4) is 0 Å². The van der Waals surface area contributed by atoms with Crippen LogP contribution in [0.15, 0.2) is 39.9 Å². The van der Waals surface area contributed by atoms with Gasteiger partial charge in [0.1, 0.15) is 16.7 Å². The van der Waals surface area contributed by atoms with Crippen molar-refractivity contribution in [1.82, 2.24) is 9.79 Å². The Morgan fingerprint density at radius 2 is 2.19 bits per heavy atom. The molecule has 0 aromatic heterocycles. The van der Waals surface area contributed by atoms with E-state index in [9.17, 15) is 4.79 Å². The van der Waals surface area contributed by atoms with Crippen LogP contribution in [0.1, 0.15) is 6.92 Å². The molecule has 9 heteroatoms. The van der Waals surface area contributed by atoms with E-state index in [1.807, 2.05) is 19.1 Å². The number of nitrogens with zero attached hydrogens (tertiary/aromatic N) is 1. The highest BCUT2D eigenvalue weighted by atomic mass is 35.5. The topological polar surface area (TPSA) is 50.8 Å². The molecule has 2 rings (SSSR count). The van der Waals surface area contributed by atoms with Crippen LogP contribution in [0, 0.1) is 0 Å². The Morgan fingerprint density at radius 3 is 2.81 bits per heavy atom. The van der Waals surface area contributed by atoms with Crippen molar-refractivity contribution in [2.45, 2.75) is 11.8 Å². The molecular weight excluding hydrogens is 352 g/mol. The molecule has 114 valence electrons. The molecular formula is C12H13ClN2O3S3. The Morgan fingerprint density at radius 1 is 1.48 bits per heavy atom. The van der Waals surface area contributed by atoms with Gasteiger partial charge in [-0.25, -0.2) is 14.6 Å². The average Bonchev–Trinajstić information content (AvgIpc) is 2.89. The fourth-order valence-electron chi connectivity index (χ4n) is 1.22. The molecule has 1 aromatic rings. The molecule has 0 saturated heterocycles. The van der Waals surface area contributed by atoms with E-state index in [1.54, 1.807) is 19.2 Å². The van der Waals surface area contributed by atoms with Gasteiger partial charge in [0.05, 0.1) is 0 Å². The summed E-state index contributed by atoms with van der Waals surface area (Å²) < 4.78 is 6.62. The Bertz CT molecular complexity index is 539. The molecule has 0 aliphatic carbocycles. The Labute approximate surface area is 140 Å². The van der Waals surface area contributed by atoms with Crippen molar-refractivity contribution in [2.75, 3.05) is 13.0 Å². The van der Waals surface area contributed by atoms with Crippen LogP contribution >= 0.6 is 45.1 Å². The number of carbonyl (C=O) groups excluding carboxylic acids is 1. The van der Waals surface area contributed by atoms with Gasteiger partial charge in [0.15, 0.2) is 0 Å². The number of rotatable bonds is 5. The summed E-state index contributed by atoms with van der Waals surface area (Å²) in [5.41, 5.74) is 2.60. The van der Waals surface area contributed by atoms with Crippen LogP contribution in [0.4, 0.5) is 4.79 Å². The lowest BCUT2D eigenvalue weighted by molar-refractivity contribution is 0.0958. The van der Waals surface area contributed by atoms with Gasteiger partial charge in [-0.1, -0.05) is 23.4 Å². The van der Waals surface area contributed by atoms with Crippen LogP contribution in [-0.2, 0) is 9.57 Å². The van der Waals surface area contributed by atoms with E-state index in [0.717, 1.165) is 10.7 Å². The lowest BCUT2D eigenvalue weighted by Crippen LogP contribution is -2.26. The molecule has 21 heavy (non-hydrogen) atoms. The first-order valence-electron chi connectivity index (χ1n) is 5.83. The van der Waals surface area contributed by atoms with E-state index >= 15 is 0 Å². The van der Waals surface area contributed by atoms with Crippen LogP contribution in [0.25, 0.3) is 0 Å². The Kier molecular flexibility index (Phi) is 6.28. The van der Waals surface area contributed by atoms with Crippen LogP contribution in [-0.4, -0.2) is 23.4 Å². The molecule has 1 N–H and O–H groups in total. The smallest absolute Gasteiger partial charge is 0.444 e. The van der Waals surface area contributed by atoms with Gasteiger partial charge in [-0.05, 0) is 42.0 Å². The zero-order valence-electron chi connectivity index (χ0n) is 11.3. The molecule has 0 atom stereocenters. The molecule has 1 aliphatic heterocycles. The lowest BCUT2D eigenvalue weighted by atomic mass is 10.4. The zero-order chi connectivity index (χ0) is 15.2. The van der Waals surface area contributed by atoms with Crippen molar-refractivity contribution in [2.24, 2.45) is 0 Å². The number of thioether (sulfide) groups is 1. The summed E-state index contributed by atoms with van der Waals surface area (Å²) in [5, 5.41) is 1.40. The van der Waals surface area contributed by atoms with Crippen molar-refractivity contribution in [3.63, 3.8) is 0 Å². The number of hydroxylamine groups is 1. The number of hydrogen-bond acceptors (Lipinski definition) is 7. The molecule has 5 nitrogen and oxygen atoms in total. The average molecular weight is 365 g/mol. The van der Waals surface area contributed by atoms with E-state index in [2.05, 4.69) is 5.48 Å². The van der Waals surface area contributed by atoms with E-state index in [0.29, 0.717) is 16.0 Å². The van der Waals surface area contributed by atoms with Crippen molar-refractivity contribution < 1.29 is 14.4 Å². The van der Waals surface area contributed by atoms with Crippen molar-refractivity contribution >= 4 is 51.2 Å². The number of allylic oxidation sites excluding steroid dienone is 1. The number of nitrogens with one attached hydrogen (secondary N) is 1. The summed E-state index contributed by atoms with van der Waals surface area (Å²) in [4.78, 5) is 17.8. The summed E-state index contributed by atoms with van der Waals surface area (Å²) in [7, 11) is 4.34. The fourth-order valence-corrected chi connectivity index (χ4v) is 3.71. The maximum atomic E-state index is 11.8. The SMILES string of the molecule is CC1=C(NOC(=O)N(C)SSc2ccc(Cl)cc2)SCO1. The zero-order valence-corrected chi connectivity index (χ0v) is 14.5. The van der Waals surface area contributed by atoms with E-state index < -0.39 is 6.09 Å².